The van der Waals surface area contributed by atoms with Crippen LogP contribution in [0.4, 0.5) is 0 Å². The van der Waals surface area contributed by atoms with Crippen LogP contribution in [0.2, 0.25) is 0 Å². The van der Waals surface area contributed by atoms with E-state index in [0.717, 1.165) is 16.8 Å². The molecule has 0 aliphatic carbocycles. The number of likely N-dealkylation sites (tertiary alicyclic amines) is 1. The summed E-state index contributed by atoms with van der Waals surface area (Å²) in [5.41, 5.74) is 2.67. The van der Waals surface area contributed by atoms with Crippen LogP contribution in [0.3, 0.4) is 0 Å². The Bertz CT molecular complexity index is 746. The van der Waals surface area contributed by atoms with Crippen LogP contribution in [0.1, 0.15) is 11.5 Å². The summed E-state index contributed by atoms with van der Waals surface area (Å²) in [7, 11) is 1.61. The Hall–Kier alpha value is -2.74. The lowest BCUT2D eigenvalue weighted by atomic mass is 10.1. The maximum atomic E-state index is 12.2. The SMILES string of the molecule is COCCON=C1CN(C(=O)Cc2ccc(-c3noc(C)n3)cc2)C1. The standard InChI is InChI=1S/C17H20N4O4/c1-12-18-17(20-25-12)14-5-3-13(4-6-14)9-16(22)21-10-15(11-21)19-24-8-7-23-2/h3-6H,7-11H2,1-2H3. The van der Waals surface area contributed by atoms with E-state index in [1.54, 1.807) is 18.9 Å². The molecule has 0 bridgehead atoms. The molecular formula is C17H20N4O4. The van der Waals surface area contributed by atoms with Gasteiger partial charge in [-0.2, -0.15) is 4.98 Å². The fourth-order valence-corrected chi connectivity index (χ4v) is 2.36. The van der Waals surface area contributed by atoms with Crippen LogP contribution in [0.25, 0.3) is 11.4 Å². The molecule has 2 aromatic rings. The predicted molar refractivity (Wildman–Crippen MR) is 90.0 cm³/mol. The molecule has 1 aliphatic rings. The largest absolute Gasteiger partial charge is 0.393 e. The number of carbonyl (C=O) groups excluding carboxylic acids is 1. The second-order valence-electron chi connectivity index (χ2n) is 5.74. The fourth-order valence-electron chi connectivity index (χ4n) is 2.36. The van der Waals surface area contributed by atoms with Crippen LogP contribution in [-0.4, -0.2) is 60.1 Å². The number of nitrogens with zero attached hydrogens (tertiary/aromatic N) is 4. The normalized spacial score (nSPS) is 13.5. The van der Waals surface area contributed by atoms with Gasteiger partial charge in [-0.25, -0.2) is 0 Å². The summed E-state index contributed by atoms with van der Waals surface area (Å²) < 4.78 is 9.84. The first-order chi connectivity index (χ1) is 12.2. The Morgan fingerprint density at radius 2 is 2.04 bits per heavy atom. The van der Waals surface area contributed by atoms with Gasteiger partial charge in [-0.15, -0.1) is 0 Å². The first kappa shape index (κ1) is 17.1. The van der Waals surface area contributed by atoms with Crippen molar-refractivity contribution in [2.75, 3.05) is 33.4 Å². The summed E-state index contributed by atoms with van der Waals surface area (Å²) in [6, 6.07) is 7.59. The number of rotatable bonds is 7. The van der Waals surface area contributed by atoms with Gasteiger partial charge < -0.3 is 19.0 Å². The van der Waals surface area contributed by atoms with Crippen LogP contribution < -0.4 is 0 Å². The first-order valence-electron chi connectivity index (χ1n) is 8.00. The van der Waals surface area contributed by atoms with Gasteiger partial charge in [0.2, 0.25) is 17.6 Å². The van der Waals surface area contributed by atoms with Gasteiger partial charge >= 0.3 is 0 Å². The molecule has 0 N–H and O–H groups in total. The van der Waals surface area contributed by atoms with Crippen molar-refractivity contribution in [3.05, 3.63) is 35.7 Å². The van der Waals surface area contributed by atoms with E-state index in [-0.39, 0.29) is 5.91 Å². The molecule has 1 fully saturated rings. The highest BCUT2D eigenvalue weighted by atomic mass is 16.6. The summed E-state index contributed by atoms with van der Waals surface area (Å²) in [5.74, 6) is 1.14. The zero-order valence-corrected chi connectivity index (χ0v) is 14.3. The van der Waals surface area contributed by atoms with Gasteiger partial charge in [0.15, 0.2) is 0 Å². The highest BCUT2D eigenvalue weighted by molar-refractivity contribution is 5.99. The highest BCUT2D eigenvalue weighted by Gasteiger charge is 2.27. The zero-order valence-electron chi connectivity index (χ0n) is 14.3. The molecule has 0 atom stereocenters. The van der Waals surface area contributed by atoms with Gasteiger partial charge in [-0.1, -0.05) is 34.6 Å². The number of hydrogen-bond donors (Lipinski definition) is 0. The van der Waals surface area contributed by atoms with Crippen molar-refractivity contribution in [2.45, 2.75) is 13.3 Å². The molecule has 1 aromatic carbocycles. The molecule has 25 heavy (non-hydrogen) atoms. The Kier molecular flexibility index (Phi) is 5.39. The smallest absolute Gasteiger partial charge is 0.227 e. The first-order valence-corrected chi connectivity index (χ1v) is 8.00. The Morgan fingerprint density at radius 3 is 2.68 bits per heavy atom. The lowest BCUT2D eigenvalue weighted by Gasteiger charge is -2.32. The minimum absolute atomic E-state index is 0.0685. The molecule has 1 aliphatic heterocycles. The Morgan fingerprint density at radius 1 is 1.28 bits per heavy atom. The van der Waals surface area contributed by atoms with Crippen LogP contribution in [0, 0.1) is 6.92 Å². The van der Waals surface area contributed by atoms with E-state index in [0.29, 0.717) is 44.4 Å². The zero-order chi connectivity index (χ0) is 17.6. The van der Waals surface area contributed by atoms with Gasteiger partial charge in [-0.3, -0.25) is 4.79 Å². The Labute approximate surface area is 145 Å². The van der Waals surface area contributed by atoms with Crippen molar-refractivity contribution in [2.24, 2.45) is 5.16 Å². The molecule has 0 spiro atoms. The van der Waals surface area contributed by atoms with E-state index < -0.39 is 0 Å². The predicted octanol–water partition coefficient (Wildman–Crippen LogP) is 1.45. The molecule has 0 saturated carbocycles. The Balaban J connectivity index is 1.47. The number of amides is 1. The van der Waals surface area contributed by atoms with Gasteiger partial charge in [0.25, 0.3) is 0 Å². The lowest BCUT2D eigenvalue weighted by Crippen LogP contribution is -2.51. The molecule has 0 radical (unpaired) electrons. The van der Waals surface area contributed by atoms with Crippen LogP contribution in [-0.2, 0) is 20.8 Å². The molecular weight excluding hydrogens is 324 g/mol. The number of aryl methyl sites for hydroxylation is 1. The van der Waals surface area contributed by atoms with Gasteiger partial charge in [0.1, 0.15) is 6.61 Å². The molecule has 8 nitrogen and oxygen atoms in total. The van der Waals surface area contributed by atoms with Crippen molar-refractivity contribution in [1.82, 2.24) is 15.0 Å². The monoisotopic (exact) mass is 344 g/mol. The number of benzene rings is 1. The van der Waals surface area contributed by atoms with E-state index >= 15 is 0 Å². The second-order valence-corrected chi connectivity index (χ2v) is 5.74. The molecule has 3 rings (SSSR count). The average Bonchev–Trinajstić information content (AvgIpc) is 3.00. The van der Waals surface area contributed by atoms with Crippen molar-refractivity contribution >= 4 is 11.6 Å². The molecule has 132 valence electrons. The molecule has 0 unspecified atom stereocenters. The van der Waals surface area contributed by atoms with Crippen molar-refractivity contribution in [3.63, 3.8) is 0 Å². The van der Waals surface area contributed by atoms with Gasteiger partial charge in [-0.05, 0) is 5.56 Å². The number of hydrogen-bond acceptors (Lipinski definition) is 7. The van der Waals surface area contributed by atoms with Crippen molar-refractivity contribution in [3.8, 4) is 11.4 Å². The van der Waals surface area contributed by atoms with Gasteiger partial charge in [0.05, 0.1) is 31.8 Å². The third-order valence-corrected chi connectivity index (χ3v) is 3.77. The van der Waals surface area contributed by atoms with E-state index in [1.165, 1.54) is 0 Å². The number of carbonyl (C=O) groups is 1. The fraction of sp³-hybridized carbons (Fsp3) is 0.412. The number of oxime groups is 1. The average molecular weight is 344 g/mol. The number of ether oxygens (including phenoxy) is 1. The van der Waals surface area contributed by atoms with E-state index in [2.05, 4.69) is 15.3 Å². The second kappa shape index (κ2) is 7.89. The summed E-state index contributed by atoms with van der Waals surface area (Å²) in [4.78, 5) is 23.3. The maximum absolute atomic E-state index is 12.2. The van der Waals surface area contributed by atoms with Crippen molar-refractivity contribution < 1.29 is 18.9 Å². The molecule has 1 aromatic heterocycles. The van der Waals surface area contributed by atoms with E-state index in [1.807, 2.05) is 24.3 Å². The van der Waals surface area contributed by atoms with Crippen LogP contribution >= 0.6 is 0 Å². The molecule has 1 saturated heterocycles. The summed E-state index contributed by atoms with van der Waals surface area (Å²) in [5, 5.41) is 7.85. The third-order valence-electron chi connectivity index (χ3n) is 3.77. The minimum Gasteiger partial charge on any atom is -0.393 e. The molecule has 1 amide bonds. The van der Waals surface area contributed by atoms with Crippen LogP contribution in [0.5, 0.6) is 0 Å². The summed E-state index contributed by atoms with van der Waals surface area (Å²) >= 11 is 0. The van der Waals surface area contributed by atoms with Crippen molar-refractivity contribution in [1.29, 1.82) is 0 Å². The maximum Gasteiger partial charge on any atom is 0.227 e. The molecule has 2 heterocycles. The summed E-state index contributed by atoms with van der Waals surface area (Å²) in [6.07, 6.45) is 0.351. The van der Waals surface area contributed by atoms with Gasteiger partial charge in [0, 0.05) is 19.6 Å². The third kappa shape index (κ3) is 4.42. The van der Waals surface area contributed by atoms with E-state index in [9.17, 15) is 4.79 Å². The van der Waals surface area contributed by atoms with Crippen LogP contribution in [0.15, 0.2) is 33.9 Å². The number of methoxy groups -OCH3 is 1. The quantitative estimate of drug-likeness (QED) is 0.558. The summed E-state index contributed by atoms with van der Waals surface area (Å²) in [6.45, 7) is 3.70. The highest BCUT2D eigenvalue weighted by Crippen LogP contribution is 2.17. The lowest BCUT2D eigenvalue weighted by molar-refractivity contribution is -0.130. The number of aromatic nitrogens is 2. The molecule has 8 heteroatoms. The minimum atomic E-state index is 0.0685. The van der Waals surface area contributed by atoms with E-state index in [4.69, 9.17) is 14.1 Å². The topological polar surface area (TPSA) is 90.1 Å².